The van der Waals surface area contributed by atoms with E-state index in [2.05, 4.69) is 15.0 Å². The highest BCUT2D eigenvalue weighted by Gasteiger charge is 2.32. The van der Waals surface area contributed by atoms with Crippen LogP contribution >= 0.6 is 11.3 Å². The third kappa shape index (κ3) is 3.80. The van der Waals surface area contributed by atoms with E-state index in [4.69, 9.17) is 9.47 Å². The van der Waals surface area contributed by atoms with Gasteiger partial charge in [0.2, 0.25) is 10.8 Å². The molecule has 4 rings (SSSR count). The number of aryl methyl sites for hydroxylation is 1. The number of rotatable bonds is 5. The molecule has 3 heterocycles. The molecule has 9 nitrogen and oxygen atoms in total. The summed E-state index contributed by atoms with van der Waals surface area (Å²) in [6, 6.07) is 7.64. The lowest BCUT2D eigenvalue weighted by atomic mass is 10.0. The Bertz CT molecular complexity index is 1020. The van der Waals surface area contributed by atoms with E-state index in [1.54, 1.807) is 25.9 Å². The molecule has 3 aromatic rings. The maximum Gasteiger partial charge on any atom is 0.409 e. The summed E-state index contributed by atoms with van der Waals surface area (Å²) in [5, 5.41) is 15.2. The van der Waals surface area contributed by atoms with Crippen LogP contribution in [-0.4, -0.2) is 75.5 Å². The monoisotopic (exact) mass is 431 g/mol. The standard InChI is InChI=1S/C20H25N5O4S/c1-4-29-20(27)24-11-9-23(10-12-24)16(14-5-7-15(28-3)8-6-14)17-18(26)25-19(30-17)21-13(2)22-25/h5-8,16,26H,4,9-12H2,1-3H3/t16-/m0/s1. The van der Waals surface area contributed by atoms with Gasteiger partial charge in [-0.3, -0.25) is 4.90 Å². The molecule has 1 aliphatic rings. The molecule has 0 saturated carbocycles. The SMILES string of the molecule is CCOC(=O)N1CCN([C@@H](c2ccc(OC)cc2)c2sc3nc(C)nn3c2O)CC1. The normalized spacial score (nSPS) is 16.0. The summed E-state index contributed by atoms with van der Waals surface area (Å²) >= 11 is 1.43. The zero-order valence-electron chi connectivity index (χ0n) is 17.2. The van der Waals surface area contributed by atoms with Crippen LogP contribution in [0.15, 0.2) is 24.3 Å². The minimum absolute atomic E-state index is 0.101. The summed E-state index contributed by atoms with van der Waals surface area (Å²) < 4.78 is 11.9. The topological polar surface area (TPSA) is 92.4 Å². The molecule has 0 radical (unpaired) electrons. The molecule has 1 saturated heterocycles. The second-order valence-electron chi connectivity index (χ2n) is 7.04. The summed E-state index contributed by atoms with van der Waals surface area (Å²) in [6.07, 6.45) is -0.282. The fourth-order valence-electron chi connectivity index (χ4n) is 3.72. The number of ether oxygens (including phenoxy) is 2. The molecular formula is C20H25N5O4S. The van der Waals surface area contributed by atoms with Crippen molar-refractivity contribution in [1.82, 2.24) is 24.4 Å². The first-order valence-electron chi connectivity index (χ1n) is 9.86. The average Bonchev–Trinajstić information content (AvgIpc) is 3.26. The molecule has 1 atom stereocenters. The Labute approximate surface area is 178 Å². The molecule has 0 spiro atoms. The number of aromatic nitrogens is 3. The largest absolute Gasteiger partial charge is 0.497 e. The number of fused-ring (bicyclic) bond motifs is 1. The van der Waals surface area contributed by atoms with Crippen LogP contribution in [-0.2, 0) is 4.74 Å². The second kappa shape index (κ2) is 8.49. The van der Waals surface area contributed by atoms with Crippen molar-refractivity contribution >= 4 is 22.4 Å². The molecule has 1 amide bonds. The fraction of sp³-hybridized carbons (Fsp3) is 0.450. The van der Waals surface area contributed by atoms with Crippen LogP contribution in [0.3, 0.4) is 0 Å². The third-order valence-electron chi connectivity index (χ3n) is 5.19. The minimum atomic E-state index is -0.282. The number of carbonyl (C=O) groups excluding carboxylic acids is 1. The number of thiazole rings is 1. The van der Waals surface area contributed by atoms with Gasteiger partial charge in [0.15, 0.2) is 0 Å². The van der Waals surface area contributed by atoms with Gasteiger partial charge in [-0.25, -0.2) is 9.78 Å². The van der Waals surface area contributed by atoms with Crippen molar-refractivity contribution < 1.29 is 19.4 Å². The minimum Gasteiger partial charge on any atom is -0.497 e. The summed E-state index contributed by atoms with van der Waals surface area (Å²) in [6.45, 7) is 6.40. The van der Waals surface area contributed by atoms with E-state index in [0.29, 0.717) is 43.6 Å². The lowest BCUT2D eigenvalue weighted by Crippen LogP contribution is -2.49. The lowest BCUT2D eigenvalue weighted by Gasteiger charge is -2.38. The molecule has 1 aliphatic heterocycles. The van der Waals surface area contributed by atoms with Crippen molar-refractivity contribution in [2.24, 2.45) is 0 Å². The molecule has 1 aromatic carbocycles. The summed E-state index contributed by atoms with van der Waals surface area (Å²) in [4.78, 5) is 21.9. The number of aromatic hydroxyl groups is 1. The summed E-state index contributed by atoms with van der Waals surface area (Å²) in [7, 11) is 1.63. The Kier molecular flexibility index (Phi) is 5.78. The van der Waals surface area contributed by atoms with E-state index in [1.807, 2.05) is 24.3 Å². The van der Waals surface area contributed by atoms with Gasteiger partial charge >= 0.3 is 6.09 Å². The number of hydrogen-bond acceptors (Lipinski definition) is 8. The van der Waals surface area contributed by atoms with Gasteiger partial charge in [0.05, 0.1) is 24.6 Å². The van der Waals surface area contributed by atoms with Gasteiger partial charge in [-0.2, -0.15) is 4.52 Å². The van der Waals surface area contributed by atoms with E-state index in [9.17, 15) is 9.90 Å². The smallest absolute Gasteiger partial charge is 0.409 e. The number of piperazine rings is 1. The number of nitrogens with zero attached hydrogens (tertiary/aromatic N) is 5. The van der Waals surface area contributed by atoms with Gasteiger partial charge in [-0.05, 0) is 31.5 Å². The van der Waals surface area contributed by atoms with E-state index >= 15 is 0 Å². The maximum atomic E-state index is 12.1. The van der Waals surface area contributed by atoms with Crippen LogP contribution in [0.2, 0.25) is 0 Å². The van der Waals surface area contributed by atoms with Crippen LogP contribution in [0.25, 0.3) is 4.96 Å². The molecule has 30 heavy (non-hydrogen) atoms. The van der Waals surface area contributed by atoms with E-state index < -0.39 is 0 Å². The third-order valence-corrected chi connectivity index (χ3v) is 6.26. The first kappa shape index (κ1) is 20.4. The van der Waals surface area contributed by atoms with E-state index in [-0.39, 0.29) is 18.0 Å². The van der Waals surface area contributed by atoms with Crippen molar-refractivity contribution in [2.45, 2.75) is 19.9 Å². The zero-order valence-corrected chi connectivity index (χ0v) is 18.1. The van der Waals surface area contributed by atoms with Gasteiger partial charge in [-0.1, -0.05) is 23.5 Å². The van der Waals surface area contributed by atoms with Gasteiger partial charge in [-0.15, -0.1) is 5.10 Å². The van der Waals surface area contributed by atoms with Gasteiger partial charge in [0.25, 0.3) is 0 Å². The van der Waals surface area contributed by atoms with Crippen LogP contribution in [0.5, 0.6) is 11.6 Å². The quantitative estimate of drug-likeness (QED) is 0.664. The number of benzene rings is 1. The van der Waals surface area contributed by atoms with Crippen molar-refractivity contribution in [3.05, 3.63) is 40.5 Å². The predicted molar refractivity (Wildman–Crippen MR) is 112 cm³/mol. The first-order chi connectivity index (χ1) is 14.5. The number of hydrogen-bond donors (Lipinski definition) is 1. The molecule has 10 heteroatoms. The molecule has 0 unspecified atom stereocenters. The van der Waals surface area contributed by atoms with Crippen molar-refractivity contribution in [3.8, 4) is 11.6 Å². The highest BCUT2D eigenvalue weighted by Crippen LogP contribution is 2.40. The highest BCUT2D eigenvalue weighted by atomic mass is 32.1. The molecule has 2 aromatic heterocycles. The molecule has 1 fully saturated rings. The Morgan fingerprint density at radius 2 is 1.93 bits per heavy atom. The number of carbonyl (C=O) groups is 1. The fourth-order valence-corrected chi connectivity index (χ4v) is 4.88. The van der Waals surface area contributed by atoms with Crippen LogP contribution < -0.4 is 4.74 Å². The molecule has 0 bridgehead atoms. The Balaban J connectivity index is 1.66. The zero-order chi connectivity index (χ0) is 21.3. The van der Waals surface area contributed by atoms with Crippen molar-refractivity contribution in [2.75, 3.05) is 39.9 Å². The molecule has 1 N–H and O–H groups in total. The molecular weight excluding hydrogens is 406 g/mol. The van der Waals surface area contributed by atoms with E-state index in [1.165, 1.54) is 15.9 Å². The van der Waals surface area contributed by atoms with Gasteiger partial charge in [0, 0.05) is 26.2 Å². The van der Waals surface area contributed by atoms with Crippen molar-refractivity contribution in [1.29, 1.82) is 0 Å². The number of methoxy groups -OCH3 is 1. The summed E-state index contributed by atoms with van der Waals surface area (Å²) in [5.74, 6) is 1.49. The van der Waals surface area contributed by atoms with Crippen molar-refractivity contribution in [3.63, 3.8) is 0 Å². The second-order valence-corrected chi connectivity index (χ2v) is 8.05. The summed E-state index contributed by atoms with van der Waals surface area (Å²) in [5.41, 5.74) is 1.02. The van der Waals surface area contributed by atoms with Crippen LogP contribution in [0, 0.1) is 6.92 Å². The average molecular weight is 432 g/mol. The van der Waals surface area contributed by atoms with Crippen LogP contribution in [0.1, 0.15) is 29.2 Å². The Hall–Kier alpha value is -2.85. The van der Waals surface area contributed by atoms with Gasteiger partial charge < -0.3 is 19.5 Å². The maximum absolute atomic E-state index is 12.1. The van der Waals surface area contributed by atoms with Gasteiger partial charge in [0.1, 0.15) is 11.6 Å². The lowest BCUT2D eigenvalue weighted by molar-refractivity contribution is 0.0715. The molecule has 160 valence electrons. The predicted octanol–water partition coefficient (Wildman–Crippen LogP) is 2.68. The number of amides is 1. The van der Waals surface area contributed by atoms with E-state index in [0.717, 1.165) is 16.2 Å². The van der Waals surface area contributed by atoms with Crippen LogP contribution in [0.4, 0.5) is 4.79 Å². The molecule has 0 aliphatic carbocycles. The Morgan fingerprint density at radius 1 is 1.23 bits per heavy atom. The first-order valence-corrected chi connectivity index (χ1v) is 10.7. The highest BCUT2D eigenvalue weighted by molar-refractivity contribution is 7.17. The Morgan fingerprint density at radius 3 is 2.53 bits per heavy atom.